The van der Waals surface area contributed by atoms with E-state index in [0.29, 0.717) is 0 Å². The fourth-order valence-corrected chi connectivity index (χ4v) is 1.94. The van der Waals surface area contributed by atoms with Gasteiger partial charge >= 0.3 is 12.1 Å². The van der Waals surface area contributed by atoms with Crippen LogP contribution in [0.5, 0.6) is 0 Å². The molecular weight excluding hydrogens is 264 g/mol. The predicted molar refractivity (Wildman–Crippen MR) is 59.7 cm³/mol. The zero-order chi connectivity index (χ0) is 14.2. The molecule has 0 heterocycles. The van der Waals surface area contributed by atoms with Crippen LogP contribution in [0.15, 0.2) is 17.7 Å². The third kappa shape index (κ3) is 2.62. The van der Waals surface area contributed by atoms with E-state index in [4.69, 9.17) is 4.74 Å². The molecule has 0 spiro atoms. The van der Waals surface area contributed by atoms with Crippen LogP contribution in [0.1, 0.15) is 23.6 Å². The topological polar surface area (TPSA) is 26.3 Å². The Morgan fingerprint density at radius 3 is 2.63 bits per heavy atom. The lowest BCUT2D eigenvalue weighted by Gasteiger charge is -2.10. The quantitative estimate of drug-likeness (QED) is 0.610. The highest BCUT2D eigenvalue weighted by Crippen LogP contribution is 2.36. The molecule has 0 N–H and O–H groups in total. The van der Waals surface area contributed by atoms with Crippen molar-refractivity contribution in [1.29, 1.82) is 0 Å². The van der Waals surface area contributed by atoms with Gasteiger partial charge in [-0.1, -0.05) is 0 Å². The first-order valence-corrected chi connectivity index (χ1v) is 5.60. The molecule has 0 radical (unpaired) electrons. The largest absolute Gasteiger partial charge is 0.463 e. The SMILES string of the molecule is CCOC(=O)C1=Cc2cc(F)c(C(F)(F)F)cc2C1. The van der Waals surface area contributed by atoms with Crippen molar-refractivity contribution in [2.24, 2.45) is 0 Å². The predicted octanol–water partition coefficient (Wildman–Crippen LogP) is 3.35. The summed E-state index contributed by atoms with van der Waals surface area (Å²) in [6.07, 6.45) is -3.36. The molecule has 0 bridgehead atoms. The van der Waals surface area contributed by atoms with Gasteiger partial charge < -0.3 is 4.74 Å². The van der Waals surface area contributed by atoms with E-state index in [9.17, 15) is 22.4 Å². The summed E-state index contributed by atoms with van der Waals surface area (Å²) >= 11 is 0. The van der Waals surface area contributed by atoms with Crippen LogP contribution < -0.4 is 0 Å². The highest BCUT2D eigenvalue weighted by molar-refractivity contribution is 5.96. The summed E-state index contributed by atoms with van der Waals surface area (Å²) < 4.78 is 55.7. The van der Waals surface area contributed by atoms with Gasteiger partial charge in [-0.15, -0.1) is 0 Å². The van der Waals surface area contributed by atoms with E-state index >= 15 is 0 Å². The number of esters is 1. The van der Waals surface area contributed by atoms with Crippen molar-refractivity contribution in [3.05, 3.63) is 40.2 Å². The van der Waals surface area contributed by atoms with Crippen LogP contribution in [0.25, 0.3) is 6.08 Å². The minimum Gasteiger partial charge on any atom is -0.463 e. The monoisotopic (exact) mass is 274 g/mol. The maximum absolute atomic E-state index is 13.4. The normalized spacial score (nSPS) is 14.1. The Morgan fingerprint density at radius 2 is 2.05 bits per heavy atom. The van der Waals surface area contributed by atoms with Crippen LogP contribution in [-0.4, -0.2) is 12.6 Å². The van der Waals surface area contributed by atoms with Crippen molar-refractivity contribution in [3.63, 3.8) is 0 Å². The summed E-state index contributed by atoms with van der Waals surface area (Å²) in [5.41, 5.74) is -0.523. The lowest BCUT2D eigenvalue weighted by molar-refractivity contribution is -0.140. The van der Waals surface area contributed by atoms with Gasteiger partial charge in [0.1, 0.15) is 5.82 Å². The van der Waals surface area contributed by atoms with Gasteiger partial charge in [-0.2, -0.15) is 13.2 Å². The van der Waals surface area contributed by atoms with Gasteiger partial charge in [-0.3, -0.25) is 0 Å². The molecule has 19 heavy (non-hydrogen) atoms. The summed E-state index contributed by atoms with van der Waals surface area (Å²) in [7, 11) is 0. The van der Waals surface area contributed by atoms with E-state index in [1.807, 2.05) is 0 Å². The molecule has 1 aromatic rings. The number of benzene rings is 1. The number of halogens is 4. The Hall–Kier alpha value is -1.85. The number of fused-ring (bicyclic) bond motifs is 1. The van der Waals surface area contributed by atoms with Crippen LogP contribution in [0.3, 0.4) is 0 Å². The third-order valence-electron chi connectivity index (χ3n) is 2.78. The first-order valence-electron chi connectivity index (χ1n) is 5.60. The van der Waals surface area contributed by atoms with Crippen LogP contribution >= 0.6 is 0 Å². The average Bonchev–Trinajstić information content (AvgIpc) is 2.69. The van der Waals surface area contributed by atoms with Crippen molar-refractivity contribution in [2.45, 2.75) is 19.5 Å². The molecule has 0 aromatic heterocycles. The Morgan fingerprint density at radius 1 is 1.37 bits per heavy atom. The van der Waals surface area contributed by atoms with Crippen molar-refractivity contribution in [3.8, 4) is 0 Å². The van der Waals surface area contributed by atoms with Crippen molar-refractivity contribution in [1.82, 2.24) is 0 Å². The lowest BCUT2D eigenvalue weighted by atomic mass is 10.0. The molecular formula is C13H10F4O2. The highest BCUT2D eigenvalue weighted by atomic mass is 19.4. The number of hydrogen-bond donors (Lipinski definition) is 0. The van der Waals surface area contributed by atoms with Crippen LogP contribution in [0.2, 0.25) is 0 Å². The van der Waals surface area contributed by atoms with Gasteiger partial charge in [0, 0.05) is 12.0 Å². The molecule has 0 aliphatic heterocycles. The van der Waals surface area contributed by atoms with E-state index in [2.05, 4.69) is 0 Å². The van der Waals surface area contributed by atoms with Gasteiger partial charge in [-0.25, -0.2) is 9.18 Å². The summed E-state index contributed by atoms with van der Waals surface area (Å²) in [4.78, 5) is 11.5. The first-order chi connectivity index (χ1) is 8.82. The molecule has 0 unspecified atom stereocenters. The fraction of sp³-hybridized carbons (Fsp3) is 0.308. The molecule has 1 aliphatic rings. The number of ether oxygens (including phenoxy) is 1. The Labute approximate surface area is 106 Å². The molecule has 2 nitrogen and oxygen atoms in total. The molecule has 0 amide bonds. The number of carbonyl (C=O) groups excluding carboxylic acids is 1. The number of carbonyl (C=O) groups is 1. The third-order valence-corrected chi connectivity index (χ3v) is 2.78. The average molecular weight is 274 g/mol. The van der Waals surface area contributed by atoms with E-state index in [1.54, 1.807) is 6.92 Å². The summed E-state index contributed by atoms with van der Waals surface area (Å²) in [6, 6.07) is 1.54. The number of alkyl halides is 3. The van der Waals surface area contributed by atoms with E-state index in [1.165, 1.54) is 6.08 Å². The van der Waals surface area contributed by atoms with E-state index in [0.717, 1.165) is 12.1 Å². The smallest absolute Gasteiger partial charge is 0.419 e. The van der Waals surface area contributed by atoms with Crippen molar-refractivity contribution >= 4 is 12.0 Å². The second-order valence-corrected chi connectivity index (χ2v) is 4.10. The van der Waals surface area contributed by atoms with Gasteiger partial charge in [-0.05, 0) is 36.3 Å². The van der Waals surface area contributed by atoms with Crippen LogP contribution in [0, 0.1) is 5.82 Å². The van der Waals surface area contributed by atoms with E-state index < -0.39 is 23.5 Å². The standard InChI is InChI=1S/C13H10F4O2/c1-2-19-12(18)9-3-7-5-10(13(15,16)17)11(14)6-8(7)4-9/h4-6H,2-3H2,1H3. The van der Waals surface area contributed by atoms with Gasteiger partial charge in [0.2, 0.25) is 0 Å². The van der Waals surface area contributed by atoms with Crippen molar-refractivity contribution < 1.29 is 27.1 Å². The molecule has 6 heteroatoms. The molecule has 0 saturated heterocycles. The number of rotatable bonds is 2. The fourth-order valence-electron chi connectivity index (χ4n) is 1.94. The molecule has 1 aliphatic carbocycles. The maximum Gasteiger partial charge on any atom is 0.419 e. The Kier molecular flexibility index (Phi) is 3.34. The minimum absolute atomic E-state index is 0.0253. The molecule has 0 fully saturated rings. The van der Waals surface area contributed by atoms with Crippen LogP contribution in [0.4, 0.5) is 17.6 Å². The minimum atomic E-state index is -4.74. The number of hydrogen-bond acceptors (Lipinski definition) is 2. The molecule has 102 valence electrons. The molecule has 1 aromatic carbocycles. The van der Waals surface area contributed by atoms with Gasteiger partial charge in [0.05, 0.1) is 12.2 Å². The van der Waals surface area contributed by atoms with Crippen molar-refractivity contribution in [2.75, 3.05) is 6.61 Å². The first kappa shape index (κ1) is 13.6. The molecule has 2 rings (SSSR count). The second-order valence-electron chi connectivity index (χ2n) is 4.10. The highest BCUT2D eigenvalue weighted by Gasteiger charge is 2.35. The molecule has 0 saturated carbocycles. The summed E-state index contributed by atoms with van der Waals surface area (Å²) in [5.74, 6) is -1.93. The van der Waals surface area contributed by atoms with E-state index in [-0.39, 0.29) is 29.7 Å². The maximum atomic E-state index is 13.4. The summed E-state index contributed by atoms with van der Waals surface area (Å²) in [6.45, 7) is 1.80. The lowest BCUT2D eigenvalue weighted by Crippen LogP contribution is -2.10. The Bertz CT molecular complexity index is 558. The second kappa shape index (κ2) is 4.68. The van der Waals surface area contributed by atoms with Gasteiger partial charge in [0.25, 0.3) is 0 Å². The Balaban J connectivity index is 2.34. The van der Waals surface area contributed by atoms with Crippen LogP contribution in [-0.2, 0) is 22.1 Å². The zero-order valence-electron chi connectivity index (χ0n) is 9.97. The zero-order valence-corrected chi connectivity index (χ0v) is 9.97. The molecule has 0 atom stereocenters. The summed E-state index contributed by atoms with van der Waals surface area (Å²) in [5, 5.41) is 0. The van der Waals surface area contributed by atoms with Gasteiger partial charge in [0.15, 0.2) is 0 Å².